The van der Waals surface area contributed by atoms with Crippen LogP contribution in [0.3, 0.4) is 0 Å². The molecule has 0 aliphatic heterocycles. The van der Waals surface area contributed by atoms with E-state index in [9.17, 15) is 15.0 Å². The molecule has 1 aromatic heterocycles. The predicted molar refractivity (Wildman–Crippen MR) is 140 cm³/mol. The van der Waals surface area contributed by atoms with Gasteiger partial charge < -0.3 is 10.2 Å². The number of nitrogens with zero attached hydrogens (tertiary/aromatic N) is 3. The van der Waals surface area contributed by atoms with Crippen molar-refractivity contribution >= 4 is 40.0 Å². The van der Waals surface area contributed by atoms with Gasteiger partial charge in [-0.3, -0.25) is 4.57 Å². The quantitative estimate of drug-likeness (QED) is 0.192. The minimum absolute atomic E-state index is 0.0333. The monoisotopic (exact) mass is 479 g/mol. The van der Waals surface area contributed by atoms with E-state index < -0.39 is 5.97 Å². The van der Waals surface area contributed by atoms with Crippen molar-refractivity contribution in [2.75, 3.05) is 6.26 Å². The van der Waals surface area contributed by atoms with Gasteiger partial charge in [-0.25, -0.2) is 4.79 Å². The van der Waals surface area contributed by atoms with Crippen LogP contribution in [0.1, 0.15) is 10.4 Å². The molecule has 0 fully saturated rings. The SMILES string of the molecule is CSc1ccc(-n2c(O)c(N=Nc3c(C(=O)O)cccc3-c3ccccc3)c3ccccc32)cc1. The molecule has 7 heteroatoms. The fourth-order valence-corrected chi connectivity index (χ4v) is 4.48. The lowest BCUT2D eigenvalue weighted by Gasteiger charge is -2.08. The van der Waals surface area contributed by atoms with Crippen molar-refractivity contribution in [3.63, 3.8) is 0 Å². The third-order valence-corrected chi connectivity index (χ3v) is 6.50. The van der Waals surface area contributed by atoms with Crippen LogP contribution >= 0.6 is 11.8 Å². The summed E-state index contributed by atoms with van der Waals surface area (Å²) in [5.41, 5.74) is 3.56. The van der Waals surface area contributed by atoms with Crippen molar-refractivity contribution in [1.82, 2.24) is 4.57 Å². The van der Waals surface area contributed by atoms with Crippen molar-refractivity contribution < 1.29 is 15.0 Å². The van der Waals surface area contributed by atoms with Crippen molar-refractivity contribution in [3.05, 3.63) is 103 Å². The molecule has 0 radical (unpaired) electrons. The van der Waals surface area contributed by atoms with E-state index in [4.69, 9.17) is 0 Å². The number of hydrogen-bond acceptors (Lipinski definition) is 5. The molecule has 1 heterocycles. The zero-order valence-electron chi connectivity index (χ0n) is 18.8. The lowest BCUT2D eigenvalue weighted by atomic mass is 10.0. The van der Waals surface area contributed by atoms with Crippen LogP contribution in [0.2, 0.25) is 0 Å². The number of aromatic carboxylic acids is 1. The van der Waals surface area contributed by atoms with Crippen molar-refractivity contribution in [1.29, 1.82) is 0 Å². The average Bonchev–Trinajstić information content (AvgIpc) is 3.18. The fourth-order valence-electron chi connectivity index (χ4n) is 4.08. The molecule has 0 bridgehead atoms. The zero-order valence-corrected chi connectivity index (χ0v) is 19.6. The average molecular weight is 480 g/mol. The van der Waals surface area contributed by atoms with E-state index in [1.807, 2.05) is 91.2 Å². The van der Waals surface area contributed by atoms with Gasteiger partial charge in [-0.2, -0.15) is 0 Å². The van der Waals surface area contributed by atoms with Crippen molar-refractivity contribution in [2.45, 2.75) is 4.90 Å². The number of rotatable bonds is 6. The van der Waals surface area contributed by atoms with Gasteiger partial charge in [0, 0.05) is 21.5 Å². The first-order chi connectivity index (χ1) is 17.1. The van der Waals surface area contributed by atoms with Gasteiger partial charge in [-0.15, -0.1) is 22.0 Å². The molecule has 0 atom stereocenters. The summed E-state index contributed by atoms with van der Waals surface area (Å²) in [6.07, 6.45) is 2.01. The number of thioether (sulfide) groups is 1. The molecule has 5 aromatic rings. The number of carboxylic acid groups (broad SMARTS) is 1. The van der Waals surface area contributed by atoms with Gasteiger partial charge in [0.25, 0.3) is 0 Å². The number of azo groups is 1. The van der Waals surface area contributed by atoms with Gasteiger partial charge in [-0.1, -0.05) is 60.7 Å². The van der Waals surface area contributed by atoms with Crippen LogP contribution in [0.25, 0.3) is 27.7 Å². The molecular weight excluding hydrogens is 458 g/mol. The molecule has 2 N–H and O–H groups in total. The summed E-state index contributed by atoms with van der Waals surface area (Å²) in [6.45, 7) is 0. The highest BCUT2D eigenvalue weighted by atomic mass is 32.2. The van der Waals surface area contributed by atoms with Gasteiger partial charge in [0.15, 0.2) is 5.69 Å². The van der Waals surface area contributed by atoms with Gasteiger partial charge in [0.1, 0.15) is 5.69 Å². The van der Waals surface area contributed by atoms with Crippen molar-refractivity contribution in [3.8, 4) is 22.7 Å². The Balaban J connectivity index is 1.69. The number of hydrogen-bond donors (Lipinski definition) is 2. The number of benzene rings is 4. The maximum atomic E-state index is 12.0. The number of carbonyl (C=O) groups is 1. The number of aromatic hydroxyl groups is 1. The van der Waals surface area contributed by atoms with Crippen LogP contribution in [-0.4, -0.2) is 27.0 Å². The Morgan fingerprint density at radius 3 is 2.20 bits per heavy atom. The van der Waals surface area contributed by atoms with E-state index in [2.05, 4.69) is 10.2 Å². The molecule has 4 aromatic carbocycles. The van der Waals surface area contributed by atoms with Crippen LogP contribution in [0.5, 0.6) is 5.88 Å². The van der Waals surface area contributed by atoms with E-state index in [0.29, 0.717) is 10.9 Å². The summed E-state index contributed by atoms with van der Waals surface area (Å²) in [4.78, 5) is 13.1. The molecule has 0 spiro atoms. The van der Waals surface area contributed by atoms with E-state index in [0.717, 1.165) is 21.7 Å². The van der Waals surface area contributed by atoms with E-state index >= 15 is 0 Å². The Hall–Kier alpha value is -4.36. The van der Waals surface area contributed by atoms with Crippen LogP contribution in [0, 0.1) is 0 Å². The molecule has 172 valence electrons. The maximum Gasteiger partial charge on any atom is 0.337 e. The fraction of sp³-hybridized carbons (Fsp3) is 0.0357. The van der Waals surface area contributed by atoms with E-state index in [1.54, 1.807) is 22.4 Å². The van der Waals surface area contributed by atoms with Gasteiger partial charge in [0.2, 0.25) is 5.88 Å². The second-order valence-electron chi connectivity index (χ2n) is 7.80. The van der Waals surface area contributed by atoms with E-state index in [-0.39, 0.29) is 22.8 Å². The predicted octanol–water partition coefficient (Wildman–Crippen LogP) is 7.84. The molecule has 35 heavy (non-hydrogen) atoms. The number of carboxylic acids is 1. The number of para-hydroxylation sites is 1. The molecule has 0 saturated carbocycles. The standard InChI is InChI=1S/C28H21N3O3S/c1-35-20-16-14-19(15-17-20)31-24-13-6-5-10-22(24)26(27(31)32)30-29-25-21(18-8-3-2-4-9-18)11-7-12-23(25)28(33)34/h2-17,32H,1H3,(H,33,34). The first-order valence-corrected chi connectivity index (χ1v) is 12.1. The second-order valence-corrected chi connectivity index (χ2v) is 8.68. The summed E-state index contributed by atoms with van der Waals surface area (Å²) < 4.78 is 1.72. The molecule has 5 rings (SSSR count). The summed E-state index contributed by atoms with van der Waals surface area (Å²) in [7, 11) is 0. The minimum atomic E-state index is -1.10. The molecule has 0 aliphatic carbocycles. The molecule has 0 amide bonds. The topological polar surface area (TPSA) is 87.2 Å². The van der Waals surface area contributed by atoms with E-state index in [1.165, 1.54) is 6.07 Å². The Morgan fingerprint density at radius 1 is 0.800 bits per heavy atom. The minimum Gasteiger partial charge on any atom is -0.493 e. The Bertz CT molecular complexity index is 1560. The lowest BCUT2D eigenvalue weighted by molar-refractivity contribution is 0.0698. The summed E-state index contributed by atoms with van der Waals surface area (Å²) in [6, 6.07) is 29.8. The van der Waals surface area contributed by atoms with Gasteiger partial charge in [-0.05, 0) is 48.2 Å². The van der Waals surface area contributed by atoms with Crippen LogP contribution in [-0.2, 0) is 0 Å². The van der Waals surface area contributed by atoms with Gasteiger partial charge in [0.05, 0.1) is 11.1 Å². The third kappa shape index (κ3) is 4.18. The Labute approximate surface area is 206 Å². The maximum absolute atomic E-state index is 12.0. The molecule has 6 nitrogen and oxygen atoms in total. The summed E-state index contributed by atoms with van der Waals surface area (Å²) >= 11 is 1.64. The highest BCUT2D eigenvalue weighted by Gasteiger charge is 2.19. The summed E-state index contributed by atoms with van der Waals surface area (Å²) in [5.74, 6) is -1.17. The molecular formula is C28H21N3O3S. The summed E-state index contributed by atoms with van der Waals surface area (Å²) in [5, 5.41) is 30.5. The lowest BCUT2D eigenvalue weighted by Crippen LogP contribution is -1.97. The molecule has 0 aliphatic rings. The zero-order chi connectivity index (χ0) is 24.4. The van der Waals surface area contributed by atoms with Crippen molar-refractivity contribution in [2.24, 2.45) is 10.2 Å². The smallest absolute Gasteiger partial charge is 0.337 e. The Morgan fingerprint density at radius 2 is 1.49 bits per heavy atom. The molecule has 0 saturated heterocycles. The second kappa shape index (κ2) is 9.48. The van der Waals surface area contributed by atoms with Crippen LogP contribution in [0.4, 0.5) is 11.4 Å². The molecule has 0 unspecified atom stereocenters. The number of aromatic nitrogens is 1. The highest BCUT2D eigenvalue weighted by Crippen LogP contribution is 2.43. The number of fused-ring (bicyclic) bond motifs is 1. The van der Waals surface area contributed by atoms with Crippen LogP contribution in [0.15, 0.2) is 112 Å². The largest absolute Gasteiger partial charge is 0.493 e. The first kappa shape index (κ1) is 22.4. The highest BCUT2D eigenvalue weighted by molar-refractivity contribution is 7.98. The third-order valence-electron chi connectivity index (χ3n) is 5.76. The van der Waals surface area contributed by atoms with Gasteiger partial charge >= 0.3 is 5.97 Å². The van der Waals surface area contributed by atoms with Crippen LogP contribution < -0.4 is 0 Å². The Kier molecular flexibility index (Phi) is 6.08. The normalized spacial score (nSPS) is 11.3. The first-order valence-electron chi connectivity index (χ1n) is 10.9.